The van der Waals surface area contributed by atoms with E-state index in [1.165, 1.54) is 13.5 Å². The highest BCUT2D eigenvalue weighted by Gasteiger charge is 2.37. The molecule has 0 aromatic heterocycles. The smallest absolute Gasteiger partial charge is 0.322 e. The van der Waals surface area contributed by atoms with Gasteiger partial charge < -0.3 is 4.74 Å². The van der Waals surface area contributed by atoms with E-state index < -0.39 is 0 Å². The monoisotopic (exact) mass is 220 g/mol. The van der Waals surface area contributed by atoms with Crippen molar-refractivity contribution in [3.63, 3.8) is 0 Å². The summed E-state index contributed by atoms with van der Waals surface area (Å²) in [4.78, 5) is 11.2. The number of methoxy groups -OCH3 is 1. The molecule has 0 spiro atoms. The quantitative estimate of drug-likeness (QED) is 0.501. The van der Waals surface area contributed by atoms with E-state index in [2.05, 4.69) is 15.9 Å². The van der Waals surface area contributed by atoms with Crippen molar-refractivity contribution in [3.8, 4) is 0 Å². The first-order chi connectivity index (χ1) is 5.19. The van der Waals surface area contributed by atoms with E-state index >= 15 is 0 Å². The number of carbonyl (C=O) groups excluding carboxylic acids is 1. The number of hydrogen-bond donors (Lipinski definition) is 0. The number of esters is 1. The molecule has 11 heavy (non-hydrogen) atoms. The first-order valence-corrected chi connectivity index (χ1v) is 4.76. The van der Waals surface area contributed by atoms with E-state index in [0.29, 0.717) is 0 Å². The van der Waals surface area contributed by atoms with Crippen LogP contribution in [0, 0.1) is 0 Å². The highest BCUT2D eigenvalue weighted by molar-refractivity contribution is 9.10. The Balaban J connectivity index is 2.56. The second-order valence-electron chi connectivity index (χ2n) is 3.02. The van der Waals surface area contributed by atoms with Gasteiger partial charge in [-0.15, -0.1) is 0 Å². The van der Waals surface area contributed by atoms with E-state index in [-0.39, 0.29) is 10.3 Å². The summed E-state index contributed by atoms with van der Waals surface area (Å²) in [5, 5.41) is 0. The lowest BCUT2D eigenvalue weighted by Crippen LogP contribution is -2.35. The molecule has 0 aromatic rings. The van der Waals surface area contributed by atoms with E-state index in [1.807, 2.05) is 0 Å². The molecule has 1 aliphatic carbocycles. The van der Waals surface area contributed by atoms with Crippen molar-refractivity contribution in [3.05, 3.63) is 0 Å². The minimum Gasteiger partial charge on any atom is -0.468 e. The first kappa shape index (κ1) is 9.04. The molecule has 2 nitrogen and oxygen atoms in total. The van der Waals surface area contributed by atoms with Crippen LogP contribution in [0.2, 0.25) is 0 Å². The molecule has 0 heterocycles. The average Bonchev–Trinajstić information content (AvgIpc) is 2.04. The second kappa shape index (κ2) is 3.57. The van der Waals surface area contributed by atoms with Crippen molar-refractivity contribution in [1.29, 1.82) is 0 Å². The normalized spacial score (nSPS) is 22.7. The van der Waals surface area contributed by atoms with Crippen LogP contribution in [-0.4, -0.2) is 17.4 Å². The van der Waals surface area contributed by atoms with Crippen molar-refractivity contribution in [2.75, 3.05) is 7.11 Å². The molecule has 0 atom stereocenters. The maximum absolute atomic E-state index is 11.2. The summed E-state index contributed by atoms with van der Waals surface area (Å²) < 4.78 is 4.35. The molecule has 0 saturated heterocycles. The molecule has 0 aromatic carbocycles. The lowest BCUT2D eigenvalue weighted by Gasteiger charge is -2.28. The van der Waals surface area contributed by atoms with Gasteiger partial charge in [-0.1, -0.05) is 35.2 Å². The fraction of sp³-hybridized carbons (Fsp3) is 0.875. The number of ether oxygens (including phenoxy) is 1. The maximum Gasteiger partial charge on any atom is 0.322 e. The summed E-state index contributed by atoms with van der Waals surface area (Å²) in [6.07, 6.45) is 5.32. The first-order valence-electron chi connectivity index (χ1n) is 3.96. The molecule has 0 aliphatic heterocycles. The van der Waals surface area contributed by atoms with E-state index in [9.17, 15) is 4.79 Å². The van der Waals surface area contributed by atoms with Gasteiger partial charge in [0.15, 0.2) is 0 Å². The number of rotatable bonds is 1. The van der Waals surface area contributed by atoms with Crippen LogP contribution in [-0.2, 0) is 9.53 Å². The van der Waals surface area contributed by atoms with Gasteiger partial charge in [-0.25, -0.2) is 0 Å². The van der Waals surface area contributed by atoms with E-state index in [0.717, 1.165) is 25.7 Å². The predicted octanol–water partition coefficient (Wildman–Crippen LogP) is 2.26. The zero-order valence-electron chi connectivity index (χ0n) is 6.73. The van der Waals surface area contributed by atoms with Crippen molar-refractivity contribution in [1.82, 2.24) is 0 Å². The minimum absolute atomic E-state index is 0.114. The van der Waals surface area contributed by atoms with Crippen molar-refractivity contribution in [2.24, 2.45) is 0 Å². The average molecular weight is 221 g/mol. The lowest BCUT2D eigenvalue weighted by atomic mass is 9.89. The fourth-order valence-corrected chi connectivity index (χ4v) is 2.22. The molecule has 1 aliphatic rings. The van der Waals surface area contributed by atoms with Crippen molar-refractivity contribution < 1.29 is 9.53 Å². The van der Waals surface area contributed by atoms with Gasteiger partial charge in [-0.2, -0.15) is 0 Å². The Labute approximate surface area is 75.4 Å². The standard InChI is InChI=1S/C8H13BrO2/c1-11-7(10)8(9)5-3-2-4-6-8/h2-6H2,1H3. The van der Waals surface area contributed by atoms with Gasteiger partial charge in [-0.05, 0) is 12.8 Å². The predicted molar refractivity (Wildman–Crippen MR) is 46.8 cm³/mol. The van der Waals surface area contributed by atoms with Gasteiger partial charge in [0, 0.05) is 0 Å². The van der Waals surface area contributed by atoms with Crippen LogP contribution < -0.4 is 0 Å². The van der Waals surface area contributed by atoms with E-state index in [1.54, 1.807) is 0 Å². The largest absolute Gasteiger partial charge is 0.468 e. The van der Waals surface area contributed by atoms with Gasteiger partial charge in [0.05, 0.1) is 7.11 Å². The highest BCUT2D eigenvalue weighted by Crippen LogP contribution is 2.36. The zero-order chi connectivity index (χ0) is 8.32. The molecule has 0 N–H and O–H groups in total. The van der Waals surface area contributed by atoms with Crippen LogP contribution in [0.3, 0.4) is 0 Å². The second-order valence-corrected chi connectivity index (χ2v) is 4.54. The number of halogens is 1. The number of alkyl halides is 1. The summed E-state index contributed by atoms with van der Waals surface area (Å²) in [5.74, 6) is -0.114. The summed E-state index contributed by atoms with van der Waals surface area (Å²) >= 11 is 3.45. The number of hydrogen-bond acceptors (Lipinski definition) is 2. The Morgan fingerprint density at radius 2 is 1.91 bits per heavy atom. The summed E-state index contributed by atoms with van der Waals surface area (Å²) in [6.45, 7) is 0. The minimum atomic E-state index is -0.361. The van der Waals surface area contributed by atoms with Gasteiger partial charge in [0.1, 0.15) is 4.32 Å². The zero-order valence-corrected chi connectivity index (χ0v) is 8.32. The Morgan fingerprint density at radius 3 is 2.36 bits per heavy atom. The molecule has 1 saturated carbocycles. The van der Waals surface area contributed by atoms with Gasteiger partial charge in [-0.3, -0.25) is 4.79 Å². The van der Waals surface area contributed by atoms with Crippen molar-refractivity contribution in [2.45, 2.75) is 36.4 Å². The molecular weight excluding hydrogens is 208 g/mol. The summed E-state index contributed by atoms with van der Waals surface area (Å²) in [5.41, 5.74) is 0. The van der Waals surface area contributed by atoms with Crippen LogP contribution >= 0.6 is 15.9 Å². The third-order valence-corrected chi connectivity index (χ3v) is 3.31. The molecule has 0 unspecified atom stereocenters. The highest BCUT2D eigenvalue weighted by atomic mass is 79.9. The Hall–Kier alpha value is -0.0500. The Bertz CT molecular complexity index is 150. The Morgan fingerprint density at radius 1 is 1.36 bits per heavy atom. The third kappa shape index (κ3) is 1.95. The lowest BCUT2D eigenvalue weighted by molar-refractivity contribution is -0.144. The van der Waals surface area contributed by atoms with Crippen LogP contribution in [0.25, 0.3) is 0 Å². The molecule has 1 rings (SSSR count). The fourth-order valence-electron chi connectivity index (χ4n) is 1.50. The molecular formula is C8H13BrO2. The topological polar surface area (TPSA) is 26.3 Å². The van der Waals surface area contributed by atoms with Gasteiger partial charge in [0.25, 0.3) is 0 Å². The number of carbonyl (C=O) groups is 1. The Kier molecular flexibility index (Phi) is 2.93. The van der Waals surface area contributed by atoms with Crippen LogP contribution in [0.1, 0.15) is 32.1 Å². The third-order valence-electron chi connectivity index (χ3n) is 2.20. The molecule has 0 radical (unpaired) electrons. The van der Waals surface area contributed by atoms with Crippen LogP contribution in [0.4, 0.5) is 0 Å². The van der Waals surface area contributed by atoms with Gasteiger partial charge >= 0.3 is 5.97 Å². The van der Waals surface area contributed by atoms with Gasteiger partial charge in [0.2, 0.25) is 0 Å². The molecule has 1 fully saturated rings. The molecule has 64 valence electrons. The molecule has 3 heteroatoms. The SMILES string of the molecule is COC(=O)C1(Br)CCCCC1. The van der Waals surface area contributed by atoms with Crippen LogP contribution in [0.5, 0.6) is 0 Å². The van der Waals surface area contributed by atoms with E-state index in [4.69, 9.17) is 4.74 Å². The molecule has 0 amide bonds. The van der Waals surface area contributed by atoms with Crippen molar-refractivity contribution >= 4 is 21.9 Å². The van der Waals surface area contributed by atoms with Crippen LogP contribution in [0.15, 0.2) is 0 Å². The molecule has 0 bridgehead atoms. The summed E-state index contributed by atoms with van der Waals surface area (Å²) in [6, 6.07) is 0. The maximum atomic E-state index is 11.2. The summed E-state index contributed by atoms with van der Waals surface area (Å²) in [7, 11) is 1.44.